The summed E-state index contributed by atoms with van der Waals surface area (Å²) >= 11 is 0. The van der Waals surface area contributed by atoms with Gasteiger partial charge in [-0.15, -0.1) is 24.8 Å². The van der Waals surface area contributed by atoms with Gasteiger partial charge in [0.05, 0.1) is 6.10 Å². The number of carbonyl (C=O) groups is 1. The Morgan fingerprint density at radius 3 is 2.27 bits per heavy atom. The van der Waals surface area contributed by atoms with E-state index >= 15 is 0 Å². The number of benzene rings is 1. The highest BCUT2D eigenvalue weighted by atomic mass is 35.5. The zero-order valence-corrected chi connectivity index (χ0v) is 16.7. The monoisotopic (exact) mass is 403 g/mol. The largest absolute Gasteiger partial charge is 0.393 e. The molecule has 3 rings (SSSR count). The SMILES string of the molecule is Cl.Cl.NC1CCC(C(=O)NCc2ccc(CN3CCC(O)CC3)cc2)C1. The summed E-state index contributed by atoms with van der Waals surface area (Å²) in [5, 5.41) is 12.6. The lowest BCUT2D eigenvalue weighted by Gasteiger charge is -2.29. The Labute approximate surface area is 168 Å². The van der Waals surface area contributed by atoms with Gasteiger partial charge >= 0.3 is 0 Å². The van der Waals surface area contributed by atoms with Gasteiger partial charge in [0.25, 0.3) is 0 Å². The first-order valence-electron chi connectivity index (χ1n) is 9.11. The number of hydrogen-bond acceptors (Lipinski definition) is 4. The van der Waals surface area contributed by atoms with E-state index in [9.17, 15) is 9.90 Å². The minimum Gasteiger partial charge on any atom is -0.393 e. The van der Waals surface area contributed by atoms with Crippen molar-refractivity contribution in [2.75, 3.05) is 13.1 Å². The van der Waals surface area contributed by atoms with Crippen LogP contribution in [0.4, 0.5) is 0 Å². The van der Waals surface area contributed by atoms with Crippen LogP contribution < -0.4 is 11.1 Å². The summed E-state index contributed by atoms with van der Waals surface area (Å²) in [6.45, 7) is 3.44. The molecule has 1 saturated carbocycles. The summed E-state index contributed by atoms with van der Waals surface area (Å²) in [5.41, 5.74) is 8.28. The number of nitrogens with zero attached hydrogens (tertiary/aromatic N) is 1. The Bertz CT molecular complexity index is 548. The van der Waals surface area contributed by atoms with Crippen LogP contribution in [0.15, 0.2) is 24.3 Å². The highest BCUT2D eigenvalue weighted by molar-refractivity contribution is 5.85. The van der Waals surface area contributed by atoms with E-state index in [0.717, 1.165) is 57.3 Å². The number of nitrogens with two attached hydrogens (primary N) is 1. The quantitative estimate of drug-likeness (QED) is 0.703. The van der Waals surface area contributed by atoms with Crippen molar-refractivity contribution < 1.29 is 9.90 Å². The average Bonchev–Trinajstić information content (AvgIpc) is 3.03. The second kappa shape index (κ2) is 11.1. The average molecular weight is 404 g/mol. The van der Waals surface area contributed by atoms with E-state index in [2.05, 4.69) is 34.5 Å². The van der Waals surface area contributed by atoms with Gasteiger partial charge in [0.1, 0.15) is 0 Å². The molecule has 0 radical (unpaired) electrons. The molecule has 0 spiro atoms. The van der Waals surface area contributed by atoms with Gasteiger partial charge in [0.15, 0.2) is 0 Å². The van der Waals surface area contributed by atoms with Crippen molar-refractivity contribution in [3.05, 3.63) is 35.4 Å². The maximum absolute atomic E-state index is 12.1. The fraction of sp³-hybridized carbons (Fsp3) is 0.632. The summed E-state index contributed by atoms with van der Waals surface area (Å²) in [6, 6.07) is 8.65. The normalized spacial score (nSPS) is 23.8. The molecule has 2 aliphatic rings. The second-order valence-corrected chi connectivity index (χ2v) is 7.31. The first-order chi connectivity index (χ1) is 11.6. The van der Waals surface area contributed by atoms with Crippen LogP contribution in [0.25, 0.3) is 0 Å². The molecule has 1 aliphatic heterocycles. The van der Waals surface area contributed by atoms with Gasteiger partial charge in [-0.2, -0.15) is 0 Å². The van der Waals surface area contributed by atoms with Crippen LogP contribution in [0, 0.1) is 5.92 Å². The van der Waals surface area contributed by atoms with Gasteiger partial charge in [-0.25, -0.2) is 0 Å². The molecular formula is C19H31Cl2N3O2. The second-order valence-electron chi connectivity index (χ2n) is 7.31. The molecule has 2 fully saturated rings. The van der Waals surface area contributed by atoms with Gasteiger partial charge in [0, 0.05) is 38.1 Å². The molecule has 5 nitrogen and oxygen atoms in total. The van der Waals surface area contributed by atoms with Crippen molar-refractivity contribution in [3.63, 3.8) is 0 Å². The molecule has 26 heavy (non-hydrogen) atoms. The fourth-order valence-corrected chi connectivity index (χ4v) is 3.69. The molecule has 1 saturated heterocycles. The van der Waals surface area contributed by atoms with Crippen LogP contribution in [0.1, 0.15) is 43.2 Å². The van der Waals surface area contributed by atoms with Gasteiger partial charge < -0.3 is 16.2 Å². The summed E-state index contributed by atoms with van der Waals surface area (Å²) in [5.74, 6) is 0.229. The van der Waals surface area contributed by atoms with Gasteiger partial charge in [0.2, 0.25) is 5.91 Å². The molecule has 2 unspecified atom stereocenters. The number of carbonyl (C=O) groups excluding carboxylic acids is 1. The Morgan fingerprint density at radius 2 is 1.69 bits per heavy atom. The Morgan fingerprint density at radius 1 is 1.08 bits per heavy atom. The van der Waals surface area contributed by atoms with Crippen LogP contribution in [0.3, 0.4) is 0 Å². The summed E-state index contributed by atoms with van der Waals surface area (Å²) < 4.78 is 0. The third kappa shape index (κ3) is 6.71. The number of rotatable bonds is 5. The molecule has 1 aliphatic carbocycles. The summed E-state index contributed by atoms with van der Waals surface area (Å²) in [7, 11) is 0. The number of nitrogens with one attached hydrogen (secondary N) is 1. The van der Waals surface area contributed by atoms with Crippen LogP contribution in [-0.4, -0.2) is 41.1 Å². The Kier molecular flexibility index (Phi) is 9.90. The number of aliphatic hydroxyl groups is 1. The van der Waals surface area contributed by atoms with E-state index in [1.807, 2.05) is 0 Å². The highest BCUT2D eigenvalue weighted by Crippen LogP contribution is 2.24. The maximum Gasteiger partial charge on any atom is 0.223 e. The predicted octanol–water partition coefficient (Wildman–Crippen LogP) is 2.23. The maximum atomic E-state index is 12.1. The number of piperidine rings is 1. The van der Waals surface area contributed by atoms with Crippen molar-refractivity contribution >= 4 is 30.7 Å². The number of likely N-dealkylation sites (tertiary alicyclic amines) is 1. The van der Waals surface area contributed by atoms with E-state index in [1.54, 1.807) is 0 Å². The van der Waals surface area contributed by atoms with Crippen LogP contribution >= 0.6 is 24.8 Å². The van der Waals surface area contributed by atoms with E-state index in [-0.39, 0.29) is 48.8 Å². The number of amides is 1. The molecule has 0 bridgehead atoms. The fourth-order valence-electron chi connectivity index (χ4n) is 3.69. The van der Waals surface area contributed by atoms with Crippen molar-refractivity contribution in [1.82, 2.24) is 10.2 Å². The zero-order valence-electron chi connectivity index (χ0n) is 15.1. The minimum atomic E-state index is -0.123. The third-order valence-corrected chi connectivity index (χ3v) is 5.30. The van der Waals surface area contributed by atoms with E-state index in [1.165, 1.54) is 5.56 Å². The molecule has 7 heteroatoms. The molecule has 0 aromatic heterocycles. The van der Waals surface area contributed by atoms with E-state index in [4.69, 9.17) is 5.73 Å². The Hall–Kier alpha value is -0.850. The highest BCUT2D eigenvalue weighted by Gasteiger charge is 2.27. The molecular weight excluding hydrogens is 373 g/mol. The predicted molar refractivity (Wildman–Crippen MR) is 109 cm³/mol. The lowest BCUT2D eigenvalue weighted by atomic mass is 10.1. The van der Waals surface area contributed by atoms with Crippen molar-refractivity contribution in [3.8, 4) is 0 Å². The zero-order chi connectivity index (χ0) is 16.9. The first kappa shape index (κ1) is 23.2. The summed E-state index contributed by atoms with van der Waals surface area (Å²) in [4.78, 5) is 14.5. The molecule has 4 N–H and O–H groups in total. The number of hydrogen-bond donors (Lipinski definition) is 3. The van der Waals surface area contributed by atoms with Gasteiger partial charge in [-0.1, -0.05) is 24.3 Å². The molecule has 1 aromatic carbocycles. The molecule has 1 amide bonds. The van der Waals surface area contributed by atoms with Gasteiger partial charge in [-0.3, -0.25) is 9.69 Å². The molecule has 148 valence electrons. The molecule has 1 heterocycles. The third-order valence-electron chi connectivity index (χ3n) is 5.30. The van der Waals surface area contributed by atoms with Crippen LogP contribution in [0.5, 0.6) is 0 Å². The summed E-state index contributed by atoms with van der Waals surface area (Å²) in [6.07, 6.45) is 4.30. The smallest absolute Gasteiger partial charge is 0.223 e. The van der Waals surface area contributed by atoms with Crippen molar-refractivity contribution in [2.45, 2.75) is 57.3 Å². The van der Waals surface area contributed by atoms with Crippen LogP contribution in [-0.2, 0) is 17.9 Å². The van der Waals surface area contributed by atoms with Crippen molar-refractivity contribution in [1.29, 1.82) is 0 Å². The number of aliphatic hydroxyl groups excluding tert-OH is 1. The topological polar surface area (TPSA) is 78.6 Å². The molecule has 2 atom stereocenters. The van der Waals surface area contributed by atoms with Gasteiger partial charge in [-0.05, 0) is 43.2 Å². The Balaban J connectivity index is 0.00000169. The lowest BCUT2D eigenvalue weighted by molar-refractivity contribution is -0.125. The van der Waals surface area contributed by atoms with Crippen LogP contribution in [0.2, 0.25) is 0 Å². The van der Waals surface area contributed by atoms with Crippen molar-refractivity contribution in [2.24, 2.45) is 11.7 Å². The van der Waals surface area contributed by atoms with E-state index < -0.39 is 0 Å². The number of halogens is 2. The molecule has 1 aromatic rings. The standard InChI is InChI=1S/C19H29N3O2.2ClH/c20-17-6-5-16(11-17)19(24)21-12-14-1-3-15(4-2-14)13-22-9-7-18(23)8-10-22;;/h1-4,16-18,23H,5-13,20H2,(H,21,24);2*1H. The lowest BCUT2D eigenvalue weighted by Crippen LogP contribution is -2.35. The van der Waals surface area contributed by atoms with E-state index in [0.29, 0.717) is 6.54 Å². The minimum absolute atomic E-state index is 0. The first-order valence-corrected chi connectivity index (χ1v) is 9.11.